The lowest BCUT2D eigenvalue weighted by molar-refractivity contribution is 0.102. The van der Waals surface area contributed by atoms with E-state index in [4.69, 9.17) is 0 Å². The molecular formula is C15H13FINO. The van der Waals surface area contributed by atoms with Crippen LogP contribution in [0.5, 0.6) is 0 Å². The Labute approximate surface area is 125 Å². The first-order valence-electron chi connectivity index (χ1n) is 5.81. The predicted molar refractivity (Wildman–Crippen MR) is 83.0 cm³/mol. The number of aryl methyl sites for hydroxylation is 2. The Morgan fingerprint density at radius 1 is 1.11 bits per heavy atom. The van der Waals surface area contributed by atoms with Gasteiger partial charge in [-0.1, -0.05) is 0 Å². The van der Waals surface area contributed by atoms with E-state index >= 15 is 0 Å². The molecule has 0 unspecified atom stereocenters. The molecule has 2 aromatic carbocycles. The summed E-state index contributed by atoms with van der Waals surface area (Å²) in [7, 11) is 0. The molecule has 0 fully saturated rings. The molecule has 0 heterocycles. The third-order valence-electron chi connectivity index (χ3n) is 2.86. The topological polar surface area (TPSA) is 29.1 Å². The first kappa shape index (κ1) is 14.0. The van der Waals surface area contributed by atoms with Gasteiger partial charge in [0.05, 0.1) is 0 Å². The van der Waals surface area contributed by atoms with E-state index in [9.17, 15) is 9.18 Å². The molecule has 1 N–H and O–H groups in total. The molecular weight excluding hydrogens is 356 g/mol. The van der Waals surface area contributed by atoms with Gasteiger partial charge in [-0.15, -0.1) is 0 Å². The van der Waals surface area contributed by atoms with Gasteiger partial charge in [-0.05, 0) is 84.0 Å². The molecule has 1 amide bonds. The van der Waals surface area contributed by atoms with Crippen LogP contribution in [-0.4, -0.2) is 5.91 Å². The van der Waals surface area contributed by atoms with E-state index in [1.807, 2.05) is 25.1 Å². The largest absolute Gasteiger partial charge is 0.322 e. The SMILES string of the molecule is Cc1cc(C(=O)Nc2ccc(I)cc2C)ccc1F. The normalized spacial score (nSPS) is 10.3. The van der Waals surface area contributed by atoms with E-state index in [0.717, 1.165) is 14.8 Å². The molecule has 19 heavy (non-hydrogen) atoms. The Bertz CT molecular complexity index is 640. The molecule has 0 atom stereocenters. The maximum atomic E-state index is 13.2. The highest BCUT2D eigenvalue weighted by Gasteiger charge is 2.09. The van der Waals surface area contributed by atoms with E-state index in [-0.39, 0.29) is 11.7 Å². The van der Waals surface area contributed by atoms with Gasteiger partial charge in [0.2, 0.25) is 0 Å². The van der Waals surface area contributed by atoms with Gasteiger partial charge in [-0.3, -0.25) is 4.79 Å². The molecule has 0 radical (unpaired) electrons. The Morgan fingerprint density at radius 2 is 1.84 bits per heavy atom. The number of hydrogen-bond donors (Lipinski definition) is 1. The summed E-state index contributed by atoms with van der Waals surface area (Å²) in [5.74, 6) is -0.533. The van der Waals surface area contributed by atoms with Crippen molar-refractivity contribution >= 4 is 34.2 Å². The molecule has 0 aliphatic heterocycles. The van der Waals surface area contributed by atoms with Crippen LogP contribution in [0.4, 0.5) is 10.1 Å². The third-order valence-corrected chi connectivity index (χ3v) is 3.53. The van der Waals surface area contributed by atoms with Crippen LogP contribution in [-0.2, 0) is 0 Å². The lowest BCUT2D eigenvalue weighted by Gasteiger charge is -2.09. The summed E-state index contributed by atoms with van der Waals surface area (Å²) in [6.07, 6.45) is 0. The van der Waals surface area contributed by atoms with Crippen LogP contribution in [0, 0.1) is 23.2 Å². The third kappa shape index (κ3) is 3.32. The molecule has 2 nitrogen and oxygen atoms in total. The van der Waals surface area contributed by atoms with Gasteiger partial charge in [0, 0.05) is 14.8 Å². The van der Waals surface area contributed by atoms with Crippen LogP contribution in [0.2, 0.25) is 0 Å². The smallest absolute Gasteiger partial charge is 0.255 e. The summed E-state index contributed by atoms with van der Waals surface area (Å²) >= 11 is 2.22. The van der Waals surface area contributed by atoms with Crippen molar-refractivity contribution < 1.29 is 9.18 Å². The van der Waals surface area contributed by atoms with E-state index in [2.05, 4.69) is 27.9 Å². The summed E-state index contributed by atoms with van der Waals surface area (Å²) < 4.78 is 14.3. The number of nitrogens with one attached hydrogen (secondary N) is 1. The maximum absolute atomic E-state index is 13.2. The quantitative estimate of drug-likeness (QED) is 0.786. The molecule has 0 aliphatic carbocycles. The first-order chi connectivity index (χ1) is 8.97. The number of benzene rings is 2. The van der Waals surface area contributed by atoms with Crippen molar-refractivity contribution in [1.82, 2.24) is 0 Å². The zero-order chi connectivity index (χ0) is 14.0. The molecule has 0 aromatic heterocycles. The van der Waals surface area contributed by atoms with Crippen LogP contribution < -0.4 is 5.32 Å². The van der Waals surface area contributed by atoms with Crippen molar-refractivity contribution in [2.75, 3.05) is 5.32 Å². The maximum Gasteiger partial charge on any atom is 0.255 e. The molecule has 0 saturated heterocycles. The van der Waals surface area contributed by atoms with Gasteiger partial charge in [-0.25, -0.2) is 4.39 Å². The number of carbonyl (C=O) groups is 1. The van der Waals surface area contributed by atoms with Crippen molar-refractivity contribution in [3.05, 3.63) is 62.5 Å². The van der Waals surface area contributed by atoms with Crippen LogP contribution in [0.15, 0.2) is 36.4 Å². The van der Waals surface area contributed by atoms with Crippen molar-refractivity contribution in [2.45, 2.75) is 13.8 Å². The molecule has 0 spiro atoms. The first-order valence-corrected chi connectivity index (χ1v) is 6.89. The number of halogens is 2. The highest BCUT2D eigenvalue weighted by atomic mass is 127. The number of carbonyl (C=O) groups excluding carboxylic acids is 1. The second-order valence-electron chi connectivity index (χ2n) is 4.38. The fourth-order valence-corrected chi connectivity index (χ4v) is 2.39. The lowest BCUT2D eigenvalue weighted by Crippen LogP contribution is -2.13. The Morgan fingerprint density at radius 3 is 2.47 bits per heavy atom. The summed E-state index contributed by atoms with van der Waals surface area (Å²) in [5.41, 5.74) is 2.69. The number of rotatable bonds is 2. The van der Waals surface area contributed by atoms with Gasteiger partial charge in [0.15, 0.2) is 0 Å². The van der Waals surface area contributed by atoms with E-state index < -0.39 is 0 Å². The highest BCUT2D eigenvalue weighted by Crippen LogP contribution is 2.19. The van der Waals surface area contributed by atoms with Gasteiger partial charge >= 0.3 is 0 Å². The second kappa shape index (κ2) is 5.69. The fourth-order valence-electron chi connectivity index (χ4n) is 1.75. The van der Waals surface area contributed by atoms with Crippen molar-refractivity contribution in [3.8, 4) is 0 Å². The molecule has 2 rings (SSSR count). The minimum absolute atomic E-state index is 0.229. The summed E-state index contributed by atoms with van der Waals surface area (Å²) in [4.78, 5) is 12.1. The average molecular weight is 369 g/mol. The number of hydrogen-bond acceptors (Lipinski definition) is 1. The standard InChI is InChI=1S/C15H13FINO/c1-9-7-11(3-5-13(9)16)15(19)18-14-6-4-12(17)8-10(14)2/h3-8H,1-2H3,(H,18,19). The zero-order valence-electron chi connectivity index (χ0n) is 10.6. The van der Waals surface area contributed by atoms with Gasteiger partial charge in [0.25, 0.3) is 5.91 Å². The van der Waals surface area contributed by atoms with Crippen LogP contribution in [0.3, 0.4) is 0 Å². The zero-order valence-corrected chi connectivity index (χ0v) is 12.8. The number of amides is 1. The minimum Gasteiger partial charge on any atom is -0.322 e. The molecule has 0 aliphatic rings. The molecule has 0 saturated carbocycles. The van der Waals surface area contributed by atoms with Gasteiger partial charge < -0.3 is 5.32 Å². The van der Waals surface area contributed by atoms with Crippen LogP contribution >= 0.6 is 22.6 Å². The summed E-state index contributed by atoms with van der Waals surface area (Å²) in [6.45, 7) is 3.58. The van der Waals surface area contributed by atoms with E-state index in [1.54, 1.807) is 13.0 Å². The molecule has 4 heteroatoms. The Hall–Kier alpha value is -1.43. The minimum atomic E-state index is -0.304. The van der Waals surface area contributed by atoms with E-state index in [1.165, 1.54) is 12.1 Å². The van der Waals surface area contributed by atoms with Gasteiger partial charge in [0.1, 0.15) is 5.82 Å². The van der Waals surface area contributed by atoms with Crippen molar-refractivity contribution in [1.29, 1.82) is 0 Å². The van der Waals surface area contributed by atoms with E-state index in [0.29, 0.717) is 11.1 Å². The summed E-state index contributed by atoms with van der Waals surface area (Å²) in [6, 6.07) is 10.1. The van der Waals surface area contributed by atoms with Gasteiger partial charge in [-0.2, -0.15) is 0 Å². The highest BCUT2D eigenvalue weighted by molar-refractivity contribution is 14.1. The molecule has 2 aromatic rings. The average Bonchev–Trinajstić information content (AvgIpc) is 2.36. The Balaban J connectivity index is 2.23. The monoisotopic (exact) mass is 369 g/mol. The lowest BCUT2D eigenvalue weighted by atomic mass is 10.1. The molecule has 0 bridgehead atoms. The summed E-state index contributed by atoms with van der Waals surface area (Å²) in [5, 5.41) is 2.84. The van der Waals surface area contributed by atoms with Crippen molar-refractivity contribution in [2.24, 2.45) is 0 Å². The molecule has 98 valence electrons. The van der Waals surface area contributed by atoms with Crippen molar-refractivity contribution in [3.63, 3.8) is 0 Å². The predicted octanol–water partition coefficient (Wildman–Crippen LogP) is 4.30. The van der Waals surface area contributed by atoms with Crippen LogP contribution in [0.25, 0.3) is 0 Å². The van der Waals surface area contributed by atoms with Crippen LogP contribution in [0.1, 0.15) is 21.5 Å². The second-order valence-corrected chi connectivity index (χ2v) is 5.62. The fraction of sp³-hybridized carbons (Fsp3) is 0.133. The Kier molecular flexibility index (Phi) is 4.19. The number of anilines is 1.